The summed E-state index contributed by atoms with van der Waals surface area (Å²) in [5.41, 5.74) is 1.63. The summed E-state index contributed by atoms with van der Waals surface area (Å²) in [6.07, 6.45) is 3.43. The van der Waals surface area contributed by atoms with E-state index in [9.17, 15) is 9.90 Å². The van der Waals surface area contributed by atoms with Crippen LogP contribution in [0.2, 0.25) is 0 Å². The number of rotatable bonds is 7. The number of ether oxygens (including phenoxy) is 1. The van der Waals surface area contributed by atoms with Crippen LogP contribution in [0.5, 0.6) is 5.75 Å². The first-order chi connectivity index (χ1) is 12.0. The number of hydrogen-bond acceptors (Lipinski definition) is 4. The van der Waals surface area contributed by atoms with Crippen molar-refractivity contribution in [3.63, 3.8) is 0 Å². The maximum Gasteiger partial charge on any atom is 0.253 e. The Labute approximate surface area is 150 Å². The number of amides is 1. The number of aliphatic hydroxyl groups is 1. The molecule has 0 aliphatic carbocycles. The van der Waals surface area contributed by atoms with Crippen molar-refractivity contribution in [2.45, 2.75) is 12.8 Å². The van der Waals surface area contributed by atoms with Crippen LogP contribution in [0.25, 0.3) is 0 Å². The Morgan fingerprint density at radius 2 is 2.12 bits per heavy atom. The lowest BCUT2D eigenvalue weighted by Gasteiger charge is -2.38. The van der Waals surface area contributed by atoms with Gasteiger partial charge in [-0.3, -0.25) is 4.79 Å². The van der Waals surface area contributed by atoms with E-state index in [-0.39, 0.29) is 18.4 Å². The molecule has 0 bridgehead atoms. The summed E-state index contributed by atoms with van der Waals surface area (Å²) in [5.74, 6) is 1.33. The molecule has 1 fully saturated rings. The third kappa shape index (κ3) is 5.06. The molecule has 0 radical (unpaired) electrons. The molecule has 2 atom stereocenters. The van der Waals surface area contributed by atoms with E-state index >= 15 is 0 Å². The lowest BCUT2D eigenvalue weighted by Crippen LogP contribution is -2.47. The normalized spacial score (nSPS) is 20.6. The van der Waals surface area contributed by atoms with E-state index in [1.54, 1.807) is 7.11 Å². The number of methoxy groups -OCH3 is 1. The summed E-state index contributed by atoms with van der Waals surface area (Å²) in [6, 6.07) is 5.56. The van der Waals surface area contributed by atoms with Gasteiger partial charge in [0.05, 0.1) is 7.11 Å². The average Bonchev–Trinajstić information content (AvgIpc) is 2.60. The molecule has 1 amide bonds. The predicted octanol–water partition coefficient (Wildman–Crippen LogP) is 2.06. The highest BCUT2D eigenvalue weighted by molar-refractivity contribution is 5.94. The van der Waals surface area contributed by atoms with E-state index in [4.69, 9.17) is 4.74 Å². The number of carbonyl (C=O) groups is 1. The van der Waals surface area contributed by atoms with Crippen LogP contribution in [-0.2, 0) is 6.42 Å². The lowest BCUT2D eigenvalue weighted by atomic mass is 9.89. The molecule has 1 aliphatic heterocycles. The van der Waals surface area contributed by atoms with Crippen molar-refractivity contribution in [2.24, 2.45) is 11.8 Å². The first kappa shape index (κ1) is 19.5. The van der Waals surface area contributed by atoms with Gasteiger partial charge in [0.25, 0.3) is 5.91 Å². The molecule has 5 heteroatoms. The second-order valence-electron chi connectivity index (χ2n) is 7.14. The van der Waals surface area contributed by atoms with Gasteiger partial charge in [0.15, 0.2) is 0 Å². The zero-order valence-corrected chi connectivity index (χ0v) is 15.6. The fourth-order valence-corrected chi connectivity index (χ4v) is 3.67. The monoisotopic (exact) mass is 346 g/mol. The molecular formula is C20H30N2O3. The van der Waals surface area contributed by atoms with E-state index in [1.165, 1.54) is 0 Å². The fourth-order valence-electron chi connectivity index (χ4n) is 3.67. The highest BCUT2D eigenvalue weighted by atomic mass is 16.5. The predicted molar refractivity (Wildman–Crippen MR) is 100 cm³/mol. The molecule has 0 unspecified atom stereocenters. The van der Waals surface area contributed by atoms with E-state index in [2.05, 4.69) is 11.5 Å². The highest BCUT2D eigenvalue weighted by Crippen LogP contribution is 2.26. The van der Waals surface area contributed by atoms with Crippen LogP contribution in [0.4, 0.5) is 0 Å². The smallest absolute Gasteiger partial charge is 0.253 e. The van der Waals surface area contributed by atoms with Gasteiger partial charge in [0.1, 0.15) is 5.75 Å². The van der Waals surface area contributed by atoms with Gasteiger partial charge in [0, 0.05) is 31.8 Å². The van der Waals surface area contributed by atoms with Gasteiger partial charge >= 0.3 is 0 Å². The van der Waals surface area contributed by atoms with Crippen LogP contribution < -0.4 is 4.74 Å². The molecule has 1 saturated heterocycles. The number of nitrogens with zero attached hydrogens (tertiary/aromatic N) is 2. The third-order valence-electron chi connectivity index (χ3n) is 4.68. The van der Waals surface area contributed by atoms with Crippen molar-refractivity contribution in [1.29, 1.82) is 0 Å². The highest BCUT2D eigenvalue weighted by Gasteiger charge is 2.30. The SMILES string of the molecule is C=CCc1cc(C(=O)N2C[C@@H](CO)C[C@@H](CN(C)C)C2)ccc1OC. The quantitative estimate of drug-likeness (QED) is 0.768. The molecule has 0 aromatic heterocycles. The number of allylic oxidation sites excluding steroid dienone is 1. The van der Waals surface area contributed by atoms with E-state index < -0.39 is 0 Å². The Hall–Kier alpha value is -1.85. The molecule has 1 heterocycles. The third-order valence-corrected chi connectivity index (χ3v) is 4.68. The van der Waals surface area contributed by atoms with Crippen LogP contribution in [0.15, 0.2) is 30.9 Å². The van der Waals surface area contributed by atoms with Gasteiger partial charge in [-0.15, -0.1) is 6.58 Å². The molecule has 25 heavy (non-hydrogen) atoms. The topological polar surface area (TPSA) is 53.0 Å². The average molecular weight is 346 g/mol. The Bertz CT molecular complexity index is 601. The minimum atomic E-state index is 0.0230. The van der Waals surface area contributed by atoms with Crippen LogP contribution in [0.1, 0.15) is 22.3 Å². The zero-order chi connectivity index (χ0) is 18.4. The van der Waals surface area contributed by atoms with Gasteiger partial charge in [-0.25, -0.2) is 0 Å². The molecule has 0 spiro atoms. The molecular weight excluding hydrogens is 316 g/mol. The molecule has 0 saturated carbocycles. The molecule has 2 rings (SSSR count). The van der Waals surface area contributed by atoms with Crippen LogP contribution in [-0.4, -0.2) is 68.3 Å². The van der Waals surface area contributed by atoms with E-state index in [0.29, 0.717) is 24.4 Å². The largest absolute Gasteiger partial charge is 0.496 e. The van der Waals surface area contributed by atoms with Gasteiger partial charge in [-0.05, 0) is 62.5 Å². The van der Waals surface area contributed by atoms with Crippen LogP contribution in [0, 0.1) is 11.8 Å². The molecule has 138 valence electrons. The number of likely N-dealkylation sites (tertiary alicyclic amines) is 1. The fraction of sp³-hybridized carbons (Fsp3) is 0.550. The number of benzene rings is 1. The maximum absolute atomic E-state index is 13.0. The number of hydrogen-bond donors (Lipinski definition) is 1. The van der Waals surface area contributed by atoms with Crippen molar-refractivity contribution in [1.82, 2.24) is 9.80 Å². The summed E-state index contributed by atoms with van der Waals surface area (Å²) < 4.78 is 5.36. The second-order valence-corrected chi connectivity index (χ2v) is 7.14. The van der Waals surface area contributed by atoms with Crippen molar-refractivity contribution in [3.8, 4) is 5.75 Å². The first-order valence-electron chi connectivity index (χ1n) is 8.81. The van der Waals surface area contributed by atoms with Crippen LogP contribution >= 0.6 is 0 Å². The minimum Gasteiger partial charge on any atom is -0.496 e. The Kier molecular flexibility index (Phi) is 7.02. The van der Waals surface area contributed by atoms with Crippen molar-refractivity contribution in [3.05, 3.63) is 42.0 Å². The number of aliphatic hydroxyl groups excluding tert-OH is 1. The van der Waals surface area contributed by atoms with Gasteiger partial charge in [-0.2, -0.15) is 0 Å². The summed E-state index contributed by atoms with van der Waals surface area (Å²) in [5, 5.41) is 9.62. The Morgan fingerprint density at radius 1 is 1.40 bits per heavy atom. The summed E-state index contributed by atoms with van der Waals surface area (Å²) >= 11 is 0. The van der Waals surface area contributed by atoms with Crippen molar-refractivity contribution >= 4 is 5.91 Å². The summed E-state index contributed by atoms with van der Waals surface area (Å²) in [6.45, 7) is 6.16. The van der Waals surface area contributed by atoms with Gasteiger partial charge < -0.3 is 19.6 Å². The van der Waals surface area contributed by atoms with Crippen molar-refractivity contribution in [2.75, 3.05) is 47.4 Å². The summed E-state index contributed by atoms with van der Waals surface area (Å²) in [4.78, 5) is 17.0. The Balaban J connectivity index is 2.19. The maximum atomic E-state index is 13.0. The van der Waals surface area contributed by atoms with Gasteiger partial charge in [-0.1, -0.05) is 6.08 Å². The minimum absolute atomic E-state index is 0.0230. The number of carbonyl (C=O) groups excluding carboxylic acids is 1. The molecule has 1 aliphatic rings. The lowest BCUT2D eigenvalue weighted by molar-refractivity contribution is 0.0477. The van der Waals surface area contributed by atoms with Crippen LogP contribution in [0.3, 0.4) is 0 Å². The Morgan fingerprint density at radius 3 is 2.72 bits per heavy atom. The zero-order valence-electron chi connectivity index (χ0n) is 15.6. The molecule has 1 aromatic carbocycles. The molecule has 1 N–H and O–H groups in total. The second kappa shape index (κ2) is 9.02. The standard InChI is InChI=1S/C20H30N2O3/c1-5-6-17-10-18(7-8-19(17)25-4)20(24)22-12-15(11-21(2)3)9-16(13-22)14-23/h5,7-8,10,15-16,23H,1,6,9,11-14H2,2-4H3/t15-,16-/m0/s1. The molecule has 1 aromatic rings. The summed E-state index contributed by atoms with van der Waals surface area (Å²) in [7, 11) is 5.71. The molecule has 5 nitrogen and oxygen atoms in total. The number of piperidine rings is 1. The van der Waals surface area contributed by atoms with E-state index in [0.717, 1.165) is 30.8 Å². The van der Waals surface area contributed by atoms with Gasteiger partial charge in [0.2, 0.25) is 0 Å². The van der Waals surface area contributed by atoms with Crippen molar-refractivity contribution < 1.29 is 14.6 Å². The van der Waals surface area contributed by atoms with E-state index in [1.807, 2.05) is 43.3 Å². The first-order valence-corrected chi connectivity index (χ1v) is 8.81.